The zero-order chi connectivity index (χ0) is 14.4. The van der Waals surface area contributed by atoms with Gasteiger partial charge in [-0.3, -0.25) is 9.69 Å². The Labute approximate surface area is 115 Å². The van der Waals surface area contributed by atoms with Crippen LogP contribution in [0.4, 0.5) is 6.01 Å². The van der Waals surface area contributed by atoms with Crippen LogP contribution in [0, 0.1) is 0 Å². The molecule has 1 aromatic heterocycles. The van der Waals surface area contributed by atoms with Gasteiger partial charge in [-0.2, -0.15) is 0 Å². The van der Waals surface area contributed by atoms with E-state index in [1.165, 1.54) is 0 Å². The van der Waals surface area contributed by atoms with E-state index < -0.39 is 20.2 Å². The molecular weight excluding hydrogens is 294 g/mol. The van der Waals surface area contributed by atoms with Crippen molar-refractivity contribution >= 4 is 31.7 Å². The highest BCUT2D eigenvalue weighted by Gasteiger charge is 2.40. The van der Waals surface area contributed by atoms with Gasteiger partial charge in [-0.1, -0.05) is 25.9 Å². The van der Waals surface area contributed by atoms with E-state index in [0.717, 1.165) is 4.90 Å². The lowest BCUT2D eigenvalue weighted by molar-refractivity contribution is -0.117. The number of anilines is 1. The Bertz CT molecular complexity index is 605. The summed E-state index contributed by atoms with van der Waals surface area (Å²) in [5.74, 6) is -0.00850. The van der Waals surface area contributed by atoms with Gasteiger partial charge in [-0.25, -0.2) is 8.42 Å². The van der Waals surface area contributed by atoms with E-state index in [2.05, 4.69) is 10.2 Å². The van der Waals surface area contributed by atoms with E-state index in [9.17, 15) is 13.2 Å². The number of hydrogen-bond acceptors (Lipinski definition) is 6. The fourth-order valence-corrected chi connectivity index (χ4v) is 2.70. The molecule has 1 amide bonds. The Morgan fingerprint density at radius 2 is 2.00 bits per heavy atom. The average molecular weight is 308 g/mol. The molecule has 106 valence electrons. The summed E-state index contributed by atoms with van der Waals surface area (Å²) in [6, 6.07) is 0.0118. The first-order valence-electron chi connectivity index (χ1n) is 5.67. The minimum absolute atomic E-state index is 0.0118. The molecule has 1 saturated heterocycles. The van der Waals surface area contributed by atoms with Crippen LogP contribution in [-0.2, 0) is 19.3 Å². The zero-order valence-electron chi connectivity index (χ0n) is 10.8. The van der Waals surface area contributed by atoms with E-state index in [1.54, 1.807) is 0 Å². The topological polar surface area (TPSA) is 93.4 Å². The molecule has 0 N–H and O–H groups in total. The van der Waals surface area contributed by atoms with E-state index in [-0.39, 0.29) is 24.4 Å². The molecule has 1 aliphatic heterocycles. The van der Waals surface area contributed by atoms with Crippen molar-refractivity contribution in [2.75, 3.05) is 11.4 Å². The Morgan fingerprint density at radius 3 is 2.42 bits per heavy atom. The van der Waals surface area contributed by atoms with E-state index in [4.69, 9.17) is 15.1 Å². The molecular formula is C10H14ClN3O4S. The molecule has 19 heavy (non-hydrogen) atoms. The third-order valence-corrected chi connectivity index (χ3v) is 4.64. The first kappa shape index (κ1) is 14.3. The van der Waals surface area contributed by atoms with Crippen LogP contribution >= 0.6 is 10.7 Å². The van der Waals surface area contributed by atoms with Gasteiger partial charge >= 0.3 is 6.01 Å². The zero-order valence-corrected chi connectivity index (χ0v) is 12.3. The largest absolute Gasteiger partial charge is 0.407 e. The van der Waals surface area contributed by atoms with Crippen molar-refractivity contribution < 1.29 is 17.6 Å². The van der Waals surface area contributed by atoms with Crippen molar-refractivity contribution in [3.63, 3.8) is 0 Å². The summed E-state index contributed by atoms with van der Waals surface area (Å²) < 4.78 is 27.9. The van der Waals surface area contributed by atoms with Gasteiger partial charge in [0.2, 0.25) is 20.8 Å². The lowest BCUT2D eigenvalue weighted by atomic mass is 9.97. The Morgan fingerprint density at radius 1 is 1.37 bits per heavy atom. The van der Waals surface area contributed by atoms with Gasteiger partial charge in [0.15, 0.2) is 0 Å². The Hall–Kier alpha value is -1.15. The molecule has 7 nitrogen and oxygen atoms in total. The van der Waals surface area contributed by atoms with Gasteiger partial charge < -0.3 is 4.42 Å². The van der Waals surface area contributed by atoms with Gasteiger partial charge in [0, 0.05) is 29.1 Å². The van der Waals surface area contributed by atoms with Crippen LogP contribution in [-0.4, -0.2) is 36.3 Å². The number of halogens is 1. The van der Waals surface area contributed by atoms with E-state index >= 15 is 0 Å². The first-order valence-corrected chi connectivity index (χ1v) is 8.04. The van der Waals surface area contributed by atoms with Crippen molar-refractivity contribution in [1.29, 1.82) is 0 Å². The number of amides is 1. The molecule has 1 aromatic rings. The van der Waals surface area contributed by atoms with E-state index in [1.807, 2.05) is 20.8 Å². The second-order valence-corrected chi connectivity index (χ2v) is 8.35. The summed E-state index contributed by atoms with van der Waals surface area (Å²) in [5, 5.41) is 6.70. The second kappa shape index (κ2) is 4.45. The predicted molar refractivity (Wildman–Crippen MR) is 68.5 cm³/mol. The maximum Gasteiger partial charge on any atom is 0.325 e. The van der Waals surface area contributed by atoms with E-state index in [0.29, 0.717) is 5.89 Å². The van der Waals surface area contributed by atoms with Crippen LogP contribution in [0.3, 0.4) is 0 Å². The molecule has 1 fully saturated rings. The molecule has 0 radical (unpaired) electrons. The van der Waals surface area contributed by atoms with Crippen LogP contribution in [0.15, 0.2) is 4.42 Å². The number of carbonyl (C=O) groups is 1. The van der Waals surface area contributed by atoms with Crippen LogP contribution in [0.1, 0.15) is 33.1 Å². The highest BCUT2D eigenvalue weighted by atomic mass is 35.7. The highest BCUT2D eigenvalue weighted by Crippen LogP contribution is 2.28. The SMILES string of the molecule is CC(C)(C)c1nnc(N2CC(S(=O)(=O)Cl)CC2=O)o1. The number of aromatic nitrogens is 2. The van der Waals surface area contributed by atoms with Crippen molar-refractivity contribution in [3.8, 4) is 0 Å². The minimum Gasteiger partial charge on any atom is -0.407 e. The average Bonchev–Trinajstić information content (AvgIpc) is 2.80. The summed E-state index contributed by atoms with van der Waals surface area (Å²) in [4.78, 5) is 12.9. The second-order valence-electron chi connectivity index (χ2n) is 5.45. The lowest BCUT2D eigenvalue weighted by Gasteiger charge is -2.13. The van der Waals surface area contributed by atoms with Crippen LogP contribution in [0.2, 0.25) is 0 Å². The molecule has 2 rings (SSSR count). The molecule has 1 atom stereocenters. The van der Waals surface area contributed by atoms with Gasteiger partial charge in [0.1, 0.15) is 5.25 Å². The molecule has 0 aliphatic carbocycles. The van der Waals surface area contributed by atoms with Gasteiger partial charge in [-0.15, -0.1) is 5.10 Å². The van der Waals surface area contributed by atoms with Crippen LogP contribution in [0.5, 0.6) is 0 Å². The standard InChI is InChI=1S/C10H14ClN3O4S/c1-10(2,3)8-12-13-9(18-8)14-5-6(4-7(14)15)19(11,16)17/h6H,4-5H2,1-3H3. The molecule has 0 spiro atoms. The fourth-order valence-electron chi connectivity index (χ4n) is 1.68. The van der Waals surface area contributed by atoms with Crippen LogP contribution < -0.4 is 4.90 Å². The first-order chi connectivity index (χ1) is 8.59. The predicted octanol–water partition coefficient (Wildman–Crippen LogP) is 1.04. The summed E-state index contributed by atoms with van der Waals surface area (Å²) in [6.45, 7) is 5.61. The molecule has 0 saturated carbocycles. The lowest BCUT2D eigenvalue weighted by Crippen LogP contribution is -2.27. The van der Waals surface area contributed by atoms with Gasteiger partial charge in [0.05, 0.1) is 0 Å². The Balaban J connectivity index is 2.24. The van der Waals surface area contributed by atoms with Gasteiger partial charge in [-0.05, 0) is 0 Å². The quantitative estimate of drug-likeness (QED) is 0.758. The van der Waals surface area contributed by atoms with Crippen molar-refractivity contribution in [1.82, 2.24) is 10.2 Å². The summed E-state index contributed by atoms with van der Waals surface area (Å²) >= 11 is 0. The molecule has 0 bridgehead atoms. The summed E-state index contributed by atoms with van der Waals surface area (Å²) in [7, 11) is 1.48. The molecule has 1 unspecified atom stereocenters. The number of carbonyl (C=O) groups excluding carboxylic acids is 1. The third-order valence-electron chi connectivity index (χ3n) is 2.77. The smallest absolute Gasteiger partial charge is 0.325 e. The third kappa shape index (κ3) is 2.89. The van der Waals surface area contributed by atoms with Gasteiger partial charge in [0.25, 0.3) is 0 Å². The molecule has 0 aromatic carbocycles. The molecule has 1 aliphatic rings. The maximum atomic E-state index is 11.8. The molecule has 2 heterocycles. The summed E-state index contributed by atoms with van der Waals surface area (Å²) in [5.41, 5.74) is -0.341. The molecule has 9 heteroatoms. The number of rotatable bonds is 2. The van der Waals surface area contributed by atoms with Crippen LogP contribution in [0.25, 0.3) is 0 Å². The fraction of sp³-hybridized carbons (Fsp3) is 0.700. The normalized spacial score (nSPS) is 21.2. The van der Waals surface area contributed by atoms with Crippen molar-refractivity contribution in [3.05, 3.63) is 5.89 Å². The summed E-state index contributed by atoms with van der Waals surface area (Å²) in [6.07, 6.45) is -0.168. The monoisotopic (exact) mass is 307 g/mol. The number of nitrogens with zero attached hydrogens (tertiary/aromatic N) is 3. The Kier molecular flexibility index (Phi) is 3.34. The minimum atomic E-state index is -3.78. The number of hydrogen-bond donors (Lipinski definition) is 0. The van der Waals surface area contributed by atoms with Crippen molar-refractivity contribution in [2.24, 2.45) is 0 Å². The maximum absolute atomic E-state index is 11.8. The highest BCUT2D eigenvalue weighted by molar-refractivity contribution is 8.14. The van der Waals surface area contributed by atoms with Crippen molar-refractivity contribution in [2.45, 2.75) is 37.9 Å².